The summed E-state index contributed by atoms with van der Waals surface area (Å²) in [6, 6.07) is 7.48. The van der Waals surface area contributed by atoms with Crippen molar-refractivity contribution >= 4 is 29.0 Å². The summed E-state index contributed by atoms with van der Waals surface area (Å²) >= 11 is 1.68. The second-order valence-corrected chi connectivity index (χ2v) is 4.43. The quantitative estimate of drug-likeness (QED) is 0.801. The maximum Gasteiger partial charge on any atom is 0.227 e. The van der Waals surface area contributed by atoms with Crippen molar-refractivity contribution in [3.05, 3.63) is 24.3 Å². The van der Waals surface area contributed by atoms with Crippen molar-refractivity contribution < 1.29 is 4.79 Å². The van der Waals surface area contributed by atoms with E-state index in [0.29, 0.717) is 18.7 Å². The Kier molecular flexibility index (Phi) is 5.19. The zero-order valence-corrected chi connectivity index (χ0v) is 10.6. The van der Waals surface area contributed by atoms with E-state index in [9.17, 15) is 4.79 Å². The van der Waals surface area contributed by atoms with Crippen molar-refractivity contribution in [3.8, 4) is 0 Å². The molecule has 0 fully saturated rings. The Bertz CT molecular complexity index is 355. The van der Waals surface area contributed by atoms with Crippen LogP contribution in [0.2, 0.25) is 0 Å². The van der Waals surface area contributed by atoms with E-state index in [0.717, 1.165) is 11.4 Å². The second kappa shape index (κ2) is 6.43. The monoisotopic (exact) mass is 238 g/mol. The van der Waals surface area contributed by atoms with E-state index in [1.165, 1.54) is 0 Å². The van der Waals surface area contributed by atoms with Gasteiger partial charge in [0.2, 0.25) is 5.91 Å². The van der Waals surface area contributed by atoms with Crippen LogP contribution in [0.25, 0.3) is 0 Å². The molecule has 0 saturated heterocycles. The van der Waals surface area contributed by atoms with Crippen molar-refractivity contribution in [1.29, 1.82) is 0 Å². The number of nitrogens with two attached hydrogens (primary N) is 1. The fraction of sp³-hybridized carbons (Fsp3) is 0.417. The number of carbonyl (C=O) groups excluding carboxylic acids is 1. The highest BCUT2D eigenvalue weighted by molar-refractivity contribution is 7.98. The summed E-state index contributed by atoms with van der Waals surface area (Å²) in [7, 11) is 0. The van der Waals surface area contributed by atoms with Gasteiger partial charge in [0, 0.05) is 18.7 Å². The summed E-state index contributed by atoms with van der Waals surface area (Å²) in [5.74, 6) is 0.983. The SMILES string of the molecule is CCN(C(=O)CCSC)c1ccccc1N. The van der Waals surface area contributed by atoms with Crippen molar-refractivity contribution in [2.24, 2.45) is 0 Å². The van der Waals surface area contributed by atoms with Gasteiger partial charge in [0.15, 0.2) is 0 Å². The lowest BCUT2D eigenvalue weighted by atomic mass is 10.2. The minimum atomic E-state index is 0.134. The predicted molar refractivity (Wildman–Crippen MR) is 71.9 cm³/mol. The number of amides is 1. The number of benzene rings is 1. The Labute approximate surface area is 101 Å². The first kappa shape index (κ1) is 12.9. The van der Waals surface area contributed by atoms with E-state index in [1.807, 2.05) is 37.4 Å². The summed E-state index contributed by atoms with van der Waals surface area (Å²) in [6.45, 7) is 2.62. The number of nitrogens with zero attached hydrogens (tertiary/aromatic N) is 1. The lowest BCUT2D eigenvalue weighted by Gasteiger charge is -2.22. The molecule has 0 spiro atoms. The summed E-state index contributed by atoms with van der Waals surface area (Å²) in [6.07, 6.45) is 2.56. The minimum absolute atomic E-state index is 0.134. The van der Waals surface area contributed by atoms with Crippen LogP contribution in [-0.4, -0.2) is 24.5 Å². The molecule has 1 aromatic rings. The molecule has 1 rings (SSSR count). The van der Waals surface area contributed by atoms with Gasteiger partial charge in [-0.05, 0) is 25.3 Å². The van der Waals surface area contributed by atoms with Gasteiger partial charge in [-0.2, -0.15) is 11.8 Å². The third-order valence-corrected chi connectivity index (χ3v) is 2.98. The van der Waals surface area contributed by atoms with Gasteiger partial charge in [-0.1, -0.05) is 12.1 Å². The summed E-state index contributed by atoms with van der Waals surface area (Å²) < 4.78 is 0. The molecule has 0 radical (unpaired) electrons. The molecule has 0 heterocycles. The Morgan fingerprint density at radius 1 is 1.44 bits per heavy atom. The van der Waals surface area contributed by atoms with Gasteiger partial charge in [0.25, 0.3) is 0 Å². The number of anilines is 2. The number of thioether (sulfide) groups is 1. The smallest absolute Gasteiger partial charge is 0.227 e. The predicted octanol–water partition coefficient (Wildman–Crippen LogP) is 2.37. The first-order valence-corrected chi connectivity index (χ1v) is 6.74. The van der Waals surface area contributed by atoms with Crippen LogP contribution in [0.5, 0.6) is 0 Å². The molecule has 0 aliphatic heterocycles. The van der Waals surface area contributed by atoms with Gasteiger partial charge in [0.1, 0.15) is 0 Å². The number of rotatable bonds is 5. The zero-order valence-electron chi connectivity index (χ0n) is 9.77. The standard InChI is InChI=1S/C12H18N2OS/c1-3-14(12(15)8-9-16-2)11-7-5-4-6-10(11)13/h4-7H,3,8-9,13H2,1-2H3. The van der Waals surface area contributed by atoms with E-state index in [-0.39, 0.29) is 5.91 Å². The van der Waals surface area contributed by atoms with Gasteiger partial charge in [-0.25, -0.2) is 0 Å². The first-order valence-electron chi connectivity index (χ1n) is 5.34. The van der Waals surface area contributed by atoms with E-state index in [1.54, 1.807) is 16.7 Å². The second-order valence-electron chi connectivity index (χ2n) is 3.44. The molecule has 1 amide bonds. The Morgan fingerprint density at radius 3 is 2.69 bits per heavy atom. The average molecular weight is 238 g/mol. The van der Waals surface area contributed by atoms with Crippen molar-refractivity contribution in [3.63, 3.8) is 0 Å². The van der Waals surface area contributed by atoms with Crippen LogP contribution >= 0.6 is 11.8 Å². The Balaban J connectivity index is 2.82. The third-order valence-electron chi connectivity index (χ3n) is 2.36. The third kappa shape index (κ3) is 3.17. The molecule has 88 valence electrons. The Morgan fingerprint density at radius 2 is 2.12 bits per heavy atom. The van der Waals surface area contributed by atoms with Crippen LogP contribution in [0.1, 0.15) is 13.3 Å². The molecule has 16 heavy (non-hydrogen) atoms. The number of nitrogen functional groups attached to an aromatic ring is 1. The van der Waals surface area contributed by atoms with Crippen LogP contribution in [0.3, 0.4) is 0 Å². The molecule has 0 aliphatic carbocycles. The maximum atomic E-state index is 11.9. The van der Waals surface area contributed by atoms with Crippen LogP contribution in [0.4, 0.5) is 11.4 Å². The van der Waals surface area contributed by atoms with E-state index >= 15 is 0 Å². The van der Waals surface area contributed by atoms with Crippen molar-refractivity contribution in [2.45, 2.75) is 13.3 Å². The van der Waals surface area contributed by atoms with Gasteiger partial charge in [-0.3, -0.25) is 4.79 Å². The van der Waals surface area contributed by atoms with Gasteiger partial charge in [0.05, 0.1) is 11.4 Å². The van der Waals surface area contributed by atoms with Crippen LogP contribution in [0.15, 0.2) is 24.3 Å². The molecule has 0 bridgehead atoms. The lowest BCUT2D eigenvalue weighted by molar-refractivity contribution is -0.118. The topological polar surface area (TPSA) is 46.3 Å². The van der Waals surface area contributed by atoms with Crippen LogP contribution in [0, 0.1) is 0 Å². The number of para-hydroxylation sites is 2. The molecule has 0 aliphatic rings. The molecule has 4 heteroatoms. The highest BCUT2D eigenvalue weighted by atomic mass is 32.2. The number of hydrogen-bond donors (Lipinski definition) is 1. The molecular weight excluding hydrogens is 220 g/mol. The molecule has 0 unspecified atom stereocenters. The number of carbonyl (C=O) groups is 1. The Hall–Kier alpha value is -1.16. The molecular formula is C12H18N2OS. The highest BCUT2D eigenvalue weighted by Gasteiger charge is 2.14. The normalized spacial score (nSPS) is 10.1. The summed E-state index contributed by atoms with van der Waals surface area (Å²) in [4.78, 5) is 13.7. The maximum absolute atomic E-state index is 11.9. The van der Waals surface area contributed by atoms with Crippen molar-refractivity contribution in [1.82, 2.24) is 0 Å². The van der Waals surface area contributed by atoms with E-state index < -0.39 is 0 Å². The van der Waals surface area contributed by atoms with Crippen molar-refractivity contribution in [2.75, 3.05) is 29.2 Å². The number of hydrogen-bond acceptors (Lipinski definition) is 3. The molecule has 2 N–H and O–H groups in total. The zero-order chi connectivity index (χ0) is 12.0. The fourth-order valence-corrected chi connectivity index (χ4v) is 1.92. The molecule has 1 aromatic carbocycles. The molecule has 0 aromatic heterocycles. The first-order chi connectivity index (χ1) is 7.70. The van der Waals surface area contributed by atoms with Gasteiger partial charge in [-0.15, -0.1) is 0 Å². The van der Waals surface area contributed by atoms with Crippen LogP contribution in [-0.2, 0) is 4.79 Å². The fourth-order valence-electron chi connectivity index (χ4n) is 1.54. The minimum Gasteiger partial charge on any atom is -0.397 e. The molecule has 3 nitrogen and oxygen atoms in total. The molecule has 0 saturated carbocycles. The highest BCUT2D eigenvalue weighted by Crippen LogP contribution is 2.23. The lowest BCUT2D eigenvalue weighted by Crippen LogP contribution is -2.31. The summed E-state index contributed by atoms with van der Waals surface area (Å²) in [5, 5.41) is 0. The van der Waals surface area contributed by atoms with Crippen LogP contribution < -0.4 is 10.6 Å². The van der Waals surface area contributed by atoms with E-state index in [4.69, 9.17) is 5.73 Å². The van der Waals surface area contributed by atoms with Gasteiger partial charge >= 0.3 is 0 Å². The largest absolute Gasteiger partial charge is 0.397 e. The summed E-state index contributed by atoms with van der Waals surface area (Å²) in [5.41, 5.74) is 7.33. The van der Waals surface area contributed by atoms with Gasteiger partial charge < -0.3 is 10.6 Å². The molecule has 0 atom stereocenters. The average Bonchev–Trinajstić information content (AvgIpc) is 2.30. The van der Waals surface area contributed by atoms with E-state index in [2.05, 4.69) is 0 Å².